The van der Waals surface area contributed by atoms with Gasteiger partial charge in [-0.05, 0) is 36.4 Å². The minimum Gasteiger partial charge on any atom is -0.347 e. The first kappa shape index (κ1) is 11.5. The number of nitrogens with zero attached hydrogens (tertiary/aromatic N) is 2. The Hall–Kier alpha value is -1.61. The average Bonchev–Trinajstić information content (AvgIpc) is 2.80. The van der Waals surface area contributed by atoms with E-state index in [1.54, 1.807) is 0 Å². The lowest BCUT2D eigenvalue weighted by Gasteiger charge is -2.05. The van der Waals surface area contributed by atoms with Crippen LogP contribution in [0, 0.1) is 0 Å². The summed E-state index contributed by atoms with van der Waals surface area (Å²) < 4.78 is 3.40. The summed E-state index contributed by atoms with van der Waals surface area (Å²) in [5, 5.41) is 1.27. The summed E-state index contributed by atoms with van der Waals surface area (Å²) in [4.78, 5) is 4.35. The molecule has 0 aliphatic carbocycles. The van der Waals surface area contributed by atoms with Gasteiger partial charge in [-0.25, -0.2) is 0 Å². The van der Waals surface area contributed by atoms with E-state index in [1.165, 1.54) is 10.9 Å². The molecule has 0 radical (unpaired) electrons. The molecule has 0 aliphatic heterocycles. The summed E-state index contributed by atoms with van der Waals surface area (Å²) in [5.74, 6) is 0. The first-order valence-electron chi connectivity index (χ1n) is 5.97. The van der Waals surface area contributed by atoms with E-state index in [2.05, 4.69) is 62.0 Å². The van der Waals surface area contributed by atoms with Crippen molar-refractivity contribution in [2.24, 2.45) is 0 Å². The van der Waals surface area contributed by atoms with Gasteiger partial charge in [0.15, 0.2) is 0 Å². The quantitative estimate of drug-likeness (QED) is 0.714. The van der Waals surface area contributed by atoms with Crippen molar-refractivity contribution in [1.82, 2.24) is 9.55 Å². The summed E-state index contributed by atoms with van der Waals surface area (Å²) in [6, 6.07) is 14.6. The number of fused-ring (bicyclic) bond motifs is 1. The Morgan fingerprint density at radius 1 is 1.11 bits per heavy atom. The SMILES string of the molecule is Brc1ccc2c(ccn2CCc2ccccn2)c1. The molecule has 90 valence electrons. The molecule has 3 heteroatoms. The maximum atomic E-state index is 4.35. The lowest BCUT2D eigenvalue weighted by molar-refractivity contribution is 0.710. The molecule has 0 atom stereocenters. The van der Waals surface area contributed by atoms with Crippen LogP contribution in [0.2, 0.25) is 0 Å². The number of halogens is 1. The zero-order valence-electron chi connectivity index (χ0n) is 9.88. The Balaban J connectivity index is 1.83. The second kappa shape index (κ2) is 4.94. The molecule has 0 amide bonds. The predicted molar refractivity (Wildman–Crippen MR) is 77.6 cm³/mol. The van der Waals surface area contributed by atoms with Crippen LogP contribution in [0.1, 0.15) is 5.69 Å². The van der Waals surface area contributed by atoms with Gasteiger partial charge in [0, 0.05) is 46.4 Å². The highest BCUT2D eigenvalue weighted by Gasteiger charge is 2.02. The summed E-state index contributed by atoms with van der Waals surface area (Å²) in [6.45, 7) is 0.960. The second-order valence-corrected chi connectivity index (χ2v) is 5.20. The molecular formula is C15H13BrN2. The second-order valence-electron chi connectivity index (χ2n) is 4.28. The lowest BCUT2D eigenvalue weighted by Crippen LogP contribution is -2.00. The van der Waals surface area contributed by atoms with Crippen molar-refractivity contribution in [2.75, 3.05) is 0 Å². The van der Waals surface area contributed by atoms with Gasteiger partial charge in [-0.1, -0.05) is 22.0 Å². The first-order chi connectivity index (χ1) is 8.83. The average molecular weight is 301 g/mol. The molecule has 0 saturated heterocycles. The number of pyridine rings is 1. The summed E-state index contributed by atoms with van der Waals surface area (Å²) in [5.41, 5.74) is 2.41. The fourth-order valence-electron chi connectivity index (χ4n) is 2.15. The normalized spacial score (nSPS) is 10.9. The topological polar surface area (TPSA) is 17.8 Å². The Labute approximate surface area is 114 Å². The van der Waals surface area contributed by atoms with E-state index in [1.807, 2.05) is 18.3 Å². The Bertz CT molecular complexity index is 659. The Morgan fingerprint density at radius 2 is 2.06 bits per heavy atom. The minimum atomic E-state index is 0.959. The van der Waals surface area contributed by atoms with Crippen LogP contribution in [0.15, 0.2) is 59.3 Å². The number of aryl methyl sites for hydroxylation is 2. The van der Waals surface area contributed by atoms with Crippen LogP contribution in [0.4, 0.5) is 0 Å². The van der Waals surface area contributed by atoms with E-state index >= 15 is 0 Å². The van der Waals surface area contributed by atoms with Crippen molar-refractivity contribution in [2.45, 2.75) is 13.0 Å². The first-order valence-corrected chi connectivity index (χ1v) is 6.76. The third kappa shape index (κ3) is 2.31. The molecule has 0 N–H and O–H groups in total. The van der Waals surface area contributed by atoms with Crippen LogP contribution < -0.4 is 0 Å². The van der Waals surface area contributed by atoms with Crippen molar-refractivity contribution >= 4 is 26.8 Å². The van der Waals surface area contributed by atoms with Crippen LogP contribution in [0.5, 0.6) is 0 Å². The number of rotatable bonds is 3. The molecule has 1 aromatic carbocycles. The molecule has 2 aromatic heterocycles. The van der Waals surface area contributed by atoms with E-state index < -0.39 is 0 Å². The molecule has 2 heterocycles. The summed E-state index contributed by atoms with van der Waals surface area (Å²) in [6.07, 6.45) is 4.95. The van der Waals surface area contributed by atoms with Gasteiger partial charge in [0.25, 0.3) is 0 Å². The maximum Gasteiger partial charge on any atom is 0.0481 e. The zero-order valence-corrected chi connectivity index (χ0v) is 11.5. The minimum absolute atomic E-state index is 0.959. The summed E-state index contributed by atoms with van der Waals surface area (Å²) >= 11 is 3.50. The molecule has 0 aliphatic rings. The van der Waals surface area contributed by atoms with Gasteiger partial charge < -0.3 is 4.57 Å². The fourth-order valence-corrected chi connectivity index (χ4v) is 2.53. The molecule has 0 saturated carbocycles. The number of hydrogen-bond donors (Lipinski definition) is 0. The predicted octanol–water partition coefficient (Wildman–Crippen LogP) is 4.04. The largest absolute Gasteiger partial charge is 0.347 e. The van der Waals surface area contributed by atoms with E-state index in [0.717, 1.165) is 23.1 Å². The van der Waals surface area contributed by atoms with Gasteiger partial charge >= 0.3 is 0 Å². The number of hydrogen-bond acceptors (Lipinski definition) is 1. The number of aromatic nitrogens is 2. The Kier molecular flexibility index (Phi) is 3.15. The van der Waals surface area contributed by atoms with E-state index in [9.17, 15) is 0 Å². The third-order valence-corrected chi connectivity index (χ3v) is 3.56. The van der Waals surface area contributed by atoms with Crippen LogP contribution >= 0.6 is 15.9 Å². The lowest BCUT2D eigenvalue weighted by atomic mass is 10.2. The molecule has 0 spiro atoms. The van der Waals surface area contributed by atoms with Crippen LogP contribution in [0.3, 0.4) is 0 Å². The highest BCUT2D eigenvalue weighted by molar-refractivity contribution is 9.10. The van der Waals surface area contributed by atoms with E-state index in [-0.39, 0.29) is 0 Å². The molecular weight excluding hydrogens is 288 g/mol. The molecule has 2 nitrogen and oxygen atoms in total. The standard InChI is InChI=1S/C15H13BrN2/c16-13-4-5-15-12(11-13)6-9-18(15)10-7-14-3-1-2-8-17-14/h1-6,8-9,11H,7,10H2. The van der Waals surface area contributed by atoms with Crippen molar-refractivity contribution in [3.8, 4) is 0 Å². The molecule has 0 unspecified atom stereocenters. The number of benzene rings is 1. The molecule has 18 heavy (non-hydrogen) atoms. The molecule has 3 aromatic rings. The van der Waals surface area contributed by atoms with Gasteiger partial charge in [-0.2, -0.15) is 0 Å². The zero-order chi connectivity index (χ0) is 12.4. The van der Waals surface area contributed by atoms with Crippen molar-refractivity contribution in [3.63, 3.8) is 0 Å². The van der Waals surface area contributed by atoms with Crippen molar-refractivity contribution in [3.05, 3.63) is 65.0 Å². The van der Waals surface area contributed by atoms with Gasteiger partial charge in [0.1, 0.15) is 0 Å². The van der Waals surface area contributed by atoms with Gasteiger partial charge in [0.05, 0.1) is 0 Å². The van der Waals surface area contributed by atoms with Crippen LogP contribution in [0.25, 0.3) is 10.9 Å². The molecule has 0 bridgehead atoms. The molecule has 0 fully saturated rings. The van der Waals surface area contributed by atoms with E-state index in [0.29, 0.717) is 0 Å². The van der Waals surface area contributed by atoms with Crippen molar-refractivity contribution < 1.29 is 0 Å². The van der Waals surface area contributed by atoms with Gasteiger partial charge in [-0.15, -0.1) is 0 Å². The van der Waals surface area contributed by atoms with Crippen LogP contribution in [-0.2, 0) is 13.0 Å². The Morgan fingerprint density at radius 3 is 2.89 bits per heavy atom. The third-order valence-electron chi connectivity index (χ3n) is 3.07. The maximum absolute atomic E-state index is 4.35. The smallest absolute Gasteiger partial charge is 0.0481 e. The van der Waals surface area contributed by atoms with Crippen molar-refractivity contribution in [1.29, 1.82) is 0 Å². The molecule has 3 rings (SSSR count). The van der Waals surface area contributed by atoms with Crippen LogP contribution in [-0.4, -0.2) is 9.55 Å². The monoisotopic (exact) mass is 300 g/mol. The highest BCUT2D eigenvalue weighted by Crippen LogP contribution is 2.21. The summed E-state index contributed by atoms with van der Waals surface area (Å²) in [7, 11) is 0. The van der Waals surface area contributed by atoms with E-state index in [4.69, 9.17) is 0 Å². The van der Waals surface area contributed by atoms with Gasteiger partial charge in [0.2, 0.25) is 0 Å². The fraction of sp³-hybridized carbons (Fsp3) is 0.133. The highest BCUT2D eigenvalue weighted by atomic mass is 79.9. The van der Waals surface area contributed by atoms with Gasteiger partial charge in [-0.3, -0.25) is 4.98 Å².